The molecule has 0 radical (unpaired) electrons. The first-order valence-electron chi connectivity index (χ1n) is 10.6. The van der Waals surface area contributed by atoms with E-state index in [9.17, 15) is 18.3 Å². The summed E-state index contributed by atoms with van der Waals surface area (Å²) in [5, 5.41) is 18.1. The van der Waals surface area contributed by atoms with Gasteiger partial charge in [0.05, 0.1) is 12.4 Å². The predicted octanol–water partition coefficient (Wildman–Crippen LogP) is 0.868. The van der Waals surface area contributed by atoms with Gasteiger partial charge in [-0.25, -0.2) is 0 Å². The van der Waals surface area contributed by atoms with Crippen molar-refractivity contribution in [2.45, 2.75) is 110 Å². The number of carbonyl (C=O) groups excluding carboxylic acids is 1. The Labute approximate surface area is 194 Å². The van der Waals surface area contributed by atoms with E-state index in [2.05, 4.69) is 6.92 Å². The fraction of sp³-hybridized carbons (Fsp3) is 0.950. The van der Waals surface area contributed by atoms with Gasteiger partial charge >= 0.3 is 29.6 Å². The second-order valence-electron chi connectivity index (χ2n) is 7.08. The topological polar surface area (TPSA) is 115 Å². The second-order valence-corrected chi connectivity index (χ2v) is 8.65. The molecule has 0 rings (SSSR count). The Morgan fingerprint density at radius 1 is 0.750 bits per heavy atom. The maximum absolute atomic E-state index is 10.2. The summed E-state index contributed by atoms with van der Waals surface area (Å²) in [7, 11) is -3.92. The van der Waals surface area contributed by atoms with Crippen molar-refractivity contribution < 1.29 is 57.5 Å². The summed E-state index contributed by atoms with van der Waals surface area (Å²) in [6, 6.07) is 0. The van der Waals surface area contributed by atoms with Crippen LogP contribution in [0.1, 0.15) is 110 Å². The molecule has 0 saturated carbocycles. The van der Waals surface area contributed by atoms with Gasteiger partial charge in [-0.05, 0) is 12.8 Å². The molecule has 0 aromatic rings. The number of hydrogen-bond donors (Lipinski definition) is 2. The molecule has 0 saturated heterocycles. The van der Waals surface area contributed by atoms with Crippen LogP contribution in [0.3, 0.4) is 0 Å². The Morgan fingerprint density at radius 3 is 1.29 bits per heavy atom. The number of aliphatic hydroxyl groups excluding tert-OH is 1. The minimum atomic E-state index is -3.92. The Morgan fingerprint density at radius 2 is 1.07 bits per heavy atom. The number of hydrogen-bond acceptors (Lipinski definition) is 5. The van der Waals surface area contributed by atoms with Gasteiger partial charge in [0.1, 0.15) is 0 Å². The van der Waals surface area contributed by atoms with E-state index in [4.69, 9.17) is 9.66 Å². The molecule has 0 heterocycles. The molecule has 0 amide bonds. The van der Waals surface area contributed by atoms with E-state index in [-0.39, 0.29) is 36.0 Å². The molecule has 0 bridgehead atoms. The van der Waals surface area contributed by atoms with E-state index in [1.807, 2.05) is 0 Å². The number of rotatable bonds is 18. The van der Waals surface area contributed by atoms with Crippen molar-refractivity contribution in [2.75, 3.05) is 12.4 Å². The third-order valence-electron chi connectivity index (χ3n) is 4.33. The Balaban J connectivity index is -0.000000665. The first kappa shape index (κ1) is 33.0. The number of carbonyl (C=O) groups is 1. The molecule has 0 aromatic carbocycles. The molecule has 0 atom stereocenters. The quantitative estimate of drug-likeness (QED) is 0.189. The zero-order valence-electron chi connectivity index (χ0n) is 18.2. The van der Waals surface area contributed by atoms with Crippen molar-refractivity contribution in [3.8, 4) is 0 Å². The molecule has 0 unspecified atom stereocenters. The van der Waals surface area contributed by atoms with Gasteiger partial charge in [-0.1, -0.05) is 96.8 Å². The van der Waals surface area contributed by atoms with E-state index < -0.39 is 28.4 Å². The number of aliphatic hydroxyl groups is 1. The van der Waals surface area contributed by atoms with Gasteiger partial charge in [0.2, 0.25) is 0 Å². The van der Waals surface area contributed by atoms with Gasteiger partial charge in [-0.2, -0.15) is 8.42 Å². The first-order chi connectivity index (χ1) is 12.8. The van der Waals surface area contributed by atoms with Crippen LogP contribution in [0.25, 0.3) is 0 Å². The van der Waals surface area contributed by atoms with E-state index in [1.165, 1.54) is 83.5 Å². The third kappa shape index (κ3) is 37.1. The molecule has 28 heavy (non-hydrogen) atoms. The fourth-order valence-electron chi connectivity index (χ4n) is 2.76. The van der Waals surface area contributed by atoms with Crippen LogP contribution in [-0.2, 0) is 14.9 Å². The Hall–Kier alpha value is 0.340. The van der Waals surface area contributed by atoms with Crippen molar-refractivity contribution in [2.24, 2.45) is 0 Å². The van der Waals surface area contributed by atoms with Gasteiger partial charge < -0.3 is 15.0 Å². The summed E-state index contributed by atoms with van der Waals surface area (Å²) in [6.45, 7) is 1.74. The zero-order chi connectivity index (χ0) is 20.8. The zero-order valence-corrected chi connectivity index (χ0v) is 21.0. The fourth-order valence-corrected chi connectivity index (χ4v) is 2.99. The largest absolute Gasteiger partial charge is 1.00 e. The van der Waals surface area contributed by atoms with Crippen LogP contribution in [0.15, 0.2) is 0 Å². The number of unbranched alkanes of at least 4 members (excludes halogenated alkanes) is 14. The summed E-state index contributed by atoms with van der Waals surface area (Å²) in [5.41, 5.74) is 0. The molecular formula is C20H41NaO6S. The summed E-state index contributed by atoms with van der Waals surface area (Å²) < 4.78 is 27.1. The van der Waals surface area contributed by atoms with Crippen LogP contribution in [0, 0.1) is 0 Å². The number of carboxylic acids is 1. The SMILES string of the molecule is CCCCCCCCCCCCCCCCCC(=O)[O-].O=S(=O)(O)CCO.[Na+]. The van der Waals surface area contributed by atoms with Crippen LogP contribution in [0.2, 0.25) is 0 Å². The summed E-state index contributed by atoms with van der Waals surface area (Å²) in [4.78, 5) is 10.2. The summed E-state index contributed by atoms with van der Waals surface area (Å²) in [6.07, 6.45) is 19.9. The maximum Gasteiger partial charge on any atom is 1.00 e. The Bertz CT molecular complexity index is 415. The van der Waals surface area contributed by atoms with Crippen LogP contribution in [0.4, 0.5) is 0 Å². The molecule has 0 aliphatic rings. The minimum absolute atomic E-state index is 0. The van der Waals surface area contributed by atoms with Gasteiger partial charge in [0.15, 0.2) is 0 Å². The molecule has 2 N–H and O–H groups in total. The van der Waals surface area contributed by atoms with Gasteiger partial charge in [0, 0.05) is 5.97 Å². The molecule has 0 spiro atoms. The monoisotopic (exact) mass is 432 g/mol. The van der Waals surface area contributed by atoms with Crippen molar-refractivity contribution >= 4 is 16.1 Å². The van der Waals surface area contributed by atoms with Crippen molar-refractivity contribution in [1.29, 1.82) is 0 Å². The van der Waals surface area contributed by atoms with Crippen LogP contribution in [0.5, 0.6) is 0 Å². The average Bonchev–Trinajstić information content (AvgIpc) is 2.57. The number of aliphatic carboxylic acids is 1. The van der Waals surface area contributed by atoms with Gasteiger partial charge in [0.25, 0.3) is 10.1 Å². The molecular weight excluding hydrogens is 391 g/mol. The van der Waals surface area contributed by atoms with Crippen molar-refractivity contribution in [1.82, 2.24) is 0 Å². The third-order valence-corrected chi connectivity index (χ3v) is 5.03. The van der Waals surface area contributed by atoms with E-state index in [0.717, 1.165) is 12.8 Å². The van der Waals surface area contributed by atoms with Crippen LogP contribution >= 0.6 is 0 Å². The van der Waals surface area contributed by atoms with Crippen LogP contribution in [-0.4, -0.2) is 36.4 Å². The maximum atomic E-state index is 10.2. The molecule has 0 fully saturated rings. The average molecular weight is 433 g/mol. The van der Waals surface area contributed by atoms with E-state index in [0.29, 0.717) is 0 Å². The number of carboxylic acid groups (broad SMARTS) is 1. The molecule has 0 aliphatic heterocycles. The second kappa shape index (κ2) is 25.4. The van der Waals surface area contributed by atoms with E-state index >= 15 is 0 Å². The van der Waals surface area contributed by atoms with Crippen LogP contribution < -0.4 is 34.7 Å². The normalized spacial score (nSPS) is 10.7. The smallest absolute Gasteiger partial charge is 0.550 e. The molecule has 0 aliphatic carbocycles. The van der Waals surface area contributed by atoms with Crippen molar-refractivity contribution in [3.05, 3.63) is 0 Å². The first-order valence-corrected chi connectivity index (χ1v) is 12.2. The molecule has 6 nitrogen and oxygen atoms in total. The minimum Gasteiger partial charge on any atom is -0.550 e. The van der Waals surface area contributed by atoms with Gasteiger partial charge in [-0.15, -0.1) is 0 Å². The molecule has 8 heteroatoms. The Kier molecular flexibility index (Phi) is 29.9. The molecule has 164 valence electrons. The summed E-state index contributed by atoms with van der Waals surface area (Å²) in [5.74, 6) is -1.48. The predicted molar refractivity (Wildman–Crippen MR) is 108 cm³/mol. The van der Waals surface area contributed by atoms with E-state index in [1.54, 1.807) is 0 Å². The molecule has 0 aromatic heterocycles. The van der Waals surface area contributed by atoms with Crippen molar-refractivity contribution in [3.63, 3.8) is 0 Å². The summed E-state index contributed by atoms with van der Waals surface area (Å²) >= 11 is 0. The standard InChI is InChI=1S/C18H36O2.C2H6O4S.Na/c1-2-3-4-5-6-7-8-9-10-11-12-13-14-15-16-17-18(19)20;3-1-2-7(4,5)6;/h2-17H2,1H3,(H,19,20);3H,1-2H2,(H,4,5,6);/q;;+1/p-1. The van der Waals surface area contributed by atoms with Gasteiger partial charge in [-0.3, -0.25) is 4.55 Å².